The van der Waals surface area contributed by atoms with Crippen molar-refractivity contribution in [1.29, 1.82) is 0 Å². The lowest BCUT2D eigenvalue weighted by Crippen LogP contribution is -2.31. The van der Waals surface area contributed by atoms with Crippen LogP contribution in [0.3, 0.4) is 0 Å². The molecule has 3 aromatic carbocycles. The number of hydrogen-bond acceptors (Lipinski definition) is 3. The number of sulfonamides is 1. The van der Waals surface area contributed by atoms with Crippen LogP contribution in [0.1, 0.15) is 28.4 Å². The van der Waals surface area contributed by atoms with Gasteiger partial charge in [-0.15, -0.1) is 0 Å². The number of carbonyl (C=O) groups excluding carboxylic acids is 1. The largest absolute Gasteiger partial charge is 0.322 e. The number of hydrogen-bond donors (Lipinski definition) is 1. The zero-order valence-corrected chi connectivity index (χ0v) is 17.4. The van der Waals surface area contributed by atoms with E-state index in [9.17, 15) is 13.2 Å². The molecular formula is C23H22N2O3S. The first-order chi connectivity index (χ1) is 13.8. The molecule has 0 saturated heterocycles. The highest BCUT2D eigenvalue weighted by Gasteiger charge is 2.33. The van der Waals surface area contributed by atoms with E-state index in [1.54, 1.807) is 37.4 Å². The lowest BCUT2D eigenvalue weighted by molar-refractivity contribution is 0.102. The summed E-state index contributed by atoms with van der Waals surface area (Å²) >= 11 is 0. The standard InChI is InChI=1S/C23H22N2O3S/c1-4-16-9-5-7-11-20(16)24-23(26)17-13-15(2)22-19(14-17)18-10-6-8-12-21(18)29(27,28)25(22)3/h5-14H,4H2,1-3H3,(H,24,26). The van der Waals surface area contributed by atoms with E-state index in [-0.39, 0.29) is 10.8 Å². The molecule has 1 amide bonds. The Morgan fingerprint density at radius 3 is 2.45 bits per heavy atom. The van der Waals surface area contributed by atoms with Gasteiger partial charge in [0.15, 0.2) is 0 Å². The zero-order chi connectivity index (χ0) is 20.8. The Bertz CT molecular complexity index is 1230. The number of para-hydroxylation sites is 1. The van der Waals surface area contributed by atoms with Crippen molar-refractivity contribution >= 4 is 27.3 Å². The highest BCUT2D eigenvalue weighted by molar-refractivity contribution is 7.93. The van der Waals surface area contributed by atoms with Gasteiger partial charge in [0.05, 0.1) is 10.6 Å². The first kappa shape index (κ1) is 19.2. The van der Waals surface area contributed by atoms with Gasteiger partial charge >= 0.3 is 0 Å². The molecule has 1 aliphatic heterocycles. The number of carbonyl (C=O) groups is 1. The summed E-state index contributed by atoms with van der Waals surface area (Å²) < 4.78 is 27.1. The van der Waals surface area contributed by atoms with E-state index in [0.29, 0.717) is 16.8 Å². The molecule has 1 heterocycles. The SMILES string of the molecule is CCc1ccccc1NC(=O)c1cc(C)c2c(c1)-c1ccccc1S(=O)(=O)N2C. The van der Waals surface area contributed by atoms with Crippen LogP contribution in [0.5, 0.6) is 0 Å². The number of benzene rings is 3. The molecule has 0 unspecified atom stereocenters. The number of amides is 1. The van der Waals surface area contributed by atoms with Crippen molar-refractivity contribution in [1.82, 2.24) is 0 Å². The fourth-order valence-corrected chi connectivity index (χ4v) is 5.34. The Hall–Kier alpha value is -3.12. The number of nitrogens with one attached hydrogen (secondary N) is 1. The number of fused-ring (bicyclic) bond motifs is 3. The summed E-state index contributed by atoms with van der Waals surface area (Å²) in [5, 5.41) is 2.99. The third-order valence-electron chi connectivity index (χ3n) is 5.34. The average molecular weight is 407 g/mol. The molecular weight excluding hydrogens is 384 g/mol. The van der Waals surface area contributed by atoms with Gasteiger partial charge in [-0.1, -0.05) is 43.3 Å². The van der Waals surface area contributed by atoms with Gasteiger partial charge in [-0.25, -0.2) is 8.42 Å². The van der Waals surface area contributed by atoms with Crippen LogP contribution < -0.4 is 9.62 Å². The number of aryl methyl sites for hydroxylation is 2. The van der Waals surface area contributed by atoms with Crippen molar-refractivity contribution in [2.24, 2.45) is 0 Å². The van der Waals surface area contributed by atoms with Crippen molar-refractivity contribution in [3.63, 3.8) is 0 Å². The van der Waals surface area contributed by atoms with Gasteiger partial charge in [-0.3, -0.25) is 9.10 Å². The minimum atomic E-state index is -3.61. The molecule has 0 fully saturated rings. The summed E-state index contributed by atoms with van der Waals surface area (Å²) in [6.45, 7) is 3.87. The van der Waals surface area contributed by atoms with Crippen molar-refractivity contribution in [3.05, 3.63) is 77.4 Å². The van der Waals surface area contributed by atoms with E-state index in [0.717, 1.165) is 28.8 Å². The third kappa shape index (κ3) is 3.09. The summed E-state index contributed by atoms with van der Waals surface area (Å²) in [6.07, 6.45) is 0.815. The second-order valence-electron chi connectivity index (χ2n) is 7.12. The third-order valence-corrected chi connectivity index (χ3v) is 7.16. The van der Waals surface area contributed by atoms with Crippen molar-refractivity contribution < 1.29 is 13.2 Å². The number of nitrogens with zero attached hydrogens (tertiary/aromatic N) is 1. The molecule has 1 aliphatic rings. The Balaban J connectivity index is 1.83. The first-order valence-corrected chi connectivity index (χ1v) is 10.9. The lowest BCUT2D eigenvalue weighted by atomic mass is 9.96. The second kappa shape index (κ2) is 7.04. The molecule has 4 rings (SSSR count). The molecule has 0 radical (unpaired) electrons. The van der Waals surface area contributed by atoms with Gasteiger partial charge < -0.3 is 5.32 Å². The molecule has 0 spiro atoms. The summed E-state index contributed by atoms with van der Waals surface area (Å²) in [4.78, 5) is 13.3. The van der Waals surface area contributed by atoms with Gasteiger partial charge in [0.1, 0.15) is 0 Å². The van der Waals surface area contributed by atoms with Crippen LogP contribution in [0, 0.1) is 6.92 Å². The molecule has 29 heavy (non-hydrogen) atoms. The average Bonchev–Trinajstić information content (AvgIpc) is 2.72. The van der Waals surface area contributed by atoms with E-state index < -0.39 is 10.0 Å². The molecule has 0 bridgehead atoms. The predicted octanol–water partition coefficient (Wildman–Crippen LogP) is 4.62. The molecule has 6 heteroatoms. The normalized spacial score (nSPS) is 14.1. The molecule has 3 aromatic rings. The van der Waals surface area contributed by atoms with E-state index in [1.165, 1.54) is 4.31 Å². The summed E-state index contributed by atoms with van der Waals surface area (Å²) in [5.74, 6) is -0.217. The molecule has 0 saturated carbocycles. The van der Waals surface area contributed by atoms with Gasteiger partial charge in [-0.05, 0) is 48.7 Å². The Labute approximate surface area is 171 Å². The van der Waals surface area contributed by atoms with Gasteiger partial charge in [-0.2, -0.15) is 0 Å². The predicted molar refractivity (Wildman–Crippen MR) is 116 cm³/mol. The summed E-state index contributed by atoms with van der Waals surface area (Å²) in [7, 11) is -2.06. The zero-order valence-electron chi connectivity index (χ0n) is 16.6. The molecule has 1 N–H and O–H groups in total. The second-order valence-corrected chi connectivity index (χ2v) is 9.06. The highest BCUT2D eigenvalue weighted by Crippen LogP contribution is 2.44. The molecule has 5 nitrogen and oxygen atoms in total. The lowest BCUT2D eigenvalue weighted by Gasteiger charge is -2.31. The van der Waals surface area contributed by atoms with Crippen LogP contribution in [-0.4, -0.2) is 21.4 Å². The topological polar surface area (TPSA) is 66.5 Å². The van der Waals surface area contributed by atoms with Gasteiger partial charge in [0, 0.05) is 29.4 Å². The molecule has 0 atom stereocenters. The quantitative estimate of drug-likeness (QED) is 0.690. The Kier molecular flexibility index (Phi) is 4.67. The molecule has 148 valence electrons. The van der Waals surface area contributed by atoms with Crippen LogP contribution in [0.4, 0.5) is 11.4 Å². The van der Waals surface area contributed by atoms with Gasteiger partial charge in [0.25, 0.3) is 15.9 Å². The fourth-order valence-electron chi connectivity index (χ4n) is 3.86. The van der Waals surface area contributed by atoms with E-state index >= 15 is 0 Å². The molecule has 0 aliphatic carbocycles. The summed E-state index contributed by atoms with van der Waals surface area (Å²) in [6, 6.07) is 18.1. The highest BCUT2D eigenvalue weighted by atomic mass is 32.2. The van der Waals surface area contributed by atoms with Crippen molar-refractivity contribution in [3.8, 4) is 11.1 Å². The van der Waals surface area contributed by atoms with Crippen molar-refractivity contribution in [2.45, 2.75) is 25.2 Å². The summed E-state index contributed by atoms with van der Waals surface area (Å²) in [5.41, 5.74) is 5.04. The van der Waals surface area contributed by atoms with E-state index in [2.05, 4.69) is 5.32 Å². The minimum absolute atomic E-state index is 0.217. The van der Waals surface area contributed by atoms with Crippen molar-refractivity contribution in [2.75, 3.05) is 16.7 Å². The first-order valence-electron chi connectivity index (χ1n) is 9.47. The van der Waals surface area contributed by atoms with Crippen LogP contribution in [-0.2, 0) is 16.4 Å². The maximum atomic E-state index is 13.0. The monoisotopic (exact) mass is 406 g/mol. The van der Waals surface area contributed by atoms with Crippen LogP contribution in [0.25, 0.3) is 11.1 Å². The van der Waals surface area contributed by atoms with E-state index in [1.807, 2.05) is 44.2 Å². The molecule has 0 aromatic heterocycles. The van der Waals surface area contributed by atoms with Crippen LogP contribution in [0.2, 0.25) is 0 Å². The Morgan fingerprint density at radius 2 is 1.69 bits per heavy atom. The number of rotatable bonds is 3. The van der Waals surface area contributed by atoms with E-state index in [4.69, 9.17) is 0 Å². The smallest absolute Gasteiger partial charge is 0.264 e. The maximum Gasteiger partial charge on any atom is 0.264 e. The number of anilines is 2. The van der Waals surface area contributed by atoms with Gasteiger partial charge in [0.2, 0.25) is 0 Å². The fraction of sp³-hybridized carbons (Fsp3) is 0.174. The van der Waals surface area contributed by atoms with Crippen LogP contribution in [0.15, 0.2) is 65.6 Å². The Morgan fingerprint density at radius 1 is 1.00 bits per heavy atom. The van der Waals surface area contributed by atoms with Crippen LogP contribution >= 0.6 is 0 Å². The minimum Gasteiger partial charge on any atom is -0.322 e. The maximum absolute atomic E-state index is 13.0.